The molecule has 84 valence electrons. The van der Waals surface area contributed by atoms with E-state index in [2.05, 4.69) is 27.6 Å². The topological polar surface area (TPSA) is 85.0 Å². The molecule has 2 rings (SSSR count). The van der Waals surface area contributed by atoms with E-state index < -0.39 is 0 Å². The van der Waals surface area contributed by atoms with E-state index in [1.807, 2.05) is 0 Å². The van der Waals surface area contributed by atoms with Gasteiger partial charge in [-0.2, -0.15) is 5.10 Å². The largest absolute Gasteiger partial charge is 0.320 e. The summed E-state index contributed by atoms with van der Waals surface area (Å²) < 4.78 is 1.79. The van der Waals surface area contributed by atoms with E-state index in [1.165, 1.54) is 0 Å². The zero-order valence-electron chi connectivity index (χ0n) is 8.73. The first kappa shape index (κ1) is 10.7. The van der Waals surface area contributed by atoms with Crippen LogP contribution in [0.4, 0.5) is 5.82 Å². The Morgan fingerprint density at radius 3 is 3.19 bits per heavy atom. The van der Waals surface area contributed by atoms with Crippen LogP contribution in [0.1, 0.15) is 6.04 Å². The molecule has 0 spiro atoms. The van der Waals surface area contributed by atoms with Crippen molar-refractivity contribution >= 4 is 11.7 Å². The van der Waals surface area contributed by atoms with Crippen LogP contribution < -0.4 is 16.4 Å². The fourth-order valence-corrected chi connectivity index (χ4v) is 1.43. The third-order valence-electron chi connectivity index (χ3n) is 2.32. The lowest BCUT2D eigenvalue weighted by Crippen LogP contribution is -2.44. The fraction of sp³-hybridized carbons (Fsp3) is 0.400. The van der Waals surface area contributed by atoms with Crippen LogP contribution in [0.5, 0.6) is 0 Å². The fourth-order valence-electron chi connectivity index (χ4n) is 1.43. The average Bonchev–Trinajstić information content (AvgIpc) is 2.61. The number of nitrogens with two attached hydrogens (primary N) is 1. The Morgan fingerprint density at radius 2 is 2.56 bits per heavy atom. The molecule has 1 aliphatic rings. The number of carbonyl (C=O) groups excluding carboxylic acids is 1. The molecule has 1 aromatic heterocycles. The summed E-state index contributed by atoms with van der Waals surface area (Å²) in [6, 6.07) is 2.06. The van der Waals surface area contributed by atoms with Gasteiger partial charge in [0.15, 0.2) is 0 Å². The standard InChI is InChI=1S/C10H13N5O/c11-4-1-2-10(16)14-9-3-5-13-15(9)8-6-12-7-8/h3,5,8,12H,4,6-7,11H2,(H,14,16). The molecule has 1 aromatic rings. The van der Waals surface area contributed by atoms with E-state index in [-0.39, 0.29) is 12.5 Å². The Kier molecular flexibility index (Phi) is 3.19. The first-order valence-corrected chi connectivity index (χ1v) is 5.05. The maximum absolute atomic E-state index is 11.4. The van der Waals surface area contributed by atoms with E-state index in [0.29, 0.717) is 11.9 Å². The van der Waals surface area contributed by atoms with Crippen LogP contribution in [0.15, 0.2) is 12.3 Å². The van der Waals surface area contributed by atoms with E-state index >= 15 is 0 Å². The number of amides is 1. The molecule has 0 unspecified atom stereocenters. The van der Waals surface area contributed by atoms with Gasteiger partial charge >= 0.3 is 5.91 Å². The molecule has 0 radical (unpaired) electrons. The van der Waals surface area contributed by atoms with Crippen molar-refractivity contribution in [1.29, 1.82) is 0 Å². The van der Waals surface area contributed by atoms with Gasteiger partial charge in [-0.3, -0.25) is 10.1 Å². The zero-order chi connectivity index (χ0) is 11.4. The summed E-state index contributed by atoms with van der Waals surface area (Å²) in [5.41, 5.74) is 5.18. The third kappa shape index (κ3) is 2.21. The van der Waals surface area contributed by atoms with Crippen molar-refractivity contribution in [2.45, 2.75) is 6.04 Å². The van der Waals surface area contributed by atoms with E-state index in [0.717, 1.165) is 13.1 Å². The number of nitrogens with zero attached hydrogens (tertiary/aromatic N) is 2. The van der Waals surface area contributed by atoms with Crippen molar-refractivity contribution in [3.8, 4) is 11.8 Å². The van der Waals surface area contributed by atoms with Crippen LogP contribution >= 0.6 is 0 Å². The minimum absolute atomic E-state index is 0.180. The molecule has 6 nitrogen and oxygen atoms in total. The molecule has 0 atom stereocenters. The summed E-state index contributed by atoms with van der Waals surface area (Å²) in [6.45, 7) is 1.93. The van der Waals surface area contributed by atoms with E-state index in [4.69, 9.17) is 5.73 Å². The normalized spacial score (nSPS) is 14.8. The maximum atomic E-state index is 11.4. The molecule has 2 heterocycles. The minimum atomic E-state index is -0.362. The Bertz CT molecular complexity index is 438. The number of carbonyl (C=O) groups is 1. The van der Waals surface area contributed by atoms with Gasteiger partial charge in [-0.25, -0.2) is 4.68 Å². The zero-order valence-corrected chi connectivity index (χ0v) is 8.73. The second-order valence-corrected chi connectivity index (χ2v) is 3.43. The molecule has 1 aliphatic heterocycles. The molecular formula is C10H13N5O. The highest BCUT2D eigenvalue weighted by Crippen LogP contribution is 2.16. The van der Waals surface area contributed by atoms with Gasteiger partial charge in [0.25, 0.3) is 0 Å². The first-order chi connectivity index (χ1) is 7.81. The molecule has 0 aliphatic carbocycles. The molecule has 0 aromatic carbocycles. The molecule has 16 heavy (non-hydrogen) atoms. The van der Waals surface area contributed by atoms with Gasteiger partial charge in [0.2, 0.25) is 0 Å². The summed E-state index contributed by atoms with van der Waals surface area (Å²) in [7, 11) is 0. The number of hydrogen-bond donors (Lipinski definition) is 3. The van der Waals surface area contributed by atoms with Gasteiger partial charge in [-0.1, -0.05) is 5.92 Å². The van der Waals surface area contributed by atoms with E-state index in [1.54, 1.807) is 16.9 Å². The molecule has 0 saturated carbocycles. The lowest BCUT2D eigenvalue weighted by molar-refractivity contribution is -0.111. The lowest BCUT2D eigenvalue weighted by Gasteiger charge is -2.28. The van der Waals surface area contributed by atoms with Crippen molar-refractivity contribution in [3.63, 3.8) is 0 Å². The monoisotopic (exact) mass is 219 g/mol. The van der Waals surface area contributed by atoms with Crippen molar-refractivity contribution in [2.75, 3.05) is 25.0 Å². The first-order valence-electron chi connectivity index (χ1n) is 5.05. The van der Waals surface area contributed by atoms with Crippen LogP contribution in [0.2, 0.25) is 0 Å². The van der Waals surface area contributed by atoms with Crippen molar-refractivity contribution in [2.24, 2.45) is 5.73 Å². The predicted molar refractivity (Wildman–Crippen MR) is 59.6 cm³/mol. The summed E-state index contributed by atoms with van der Waals surface area (Å²) >= 11 is 0. The average molecular weight is 219 g/mol. The third-order valence-corrected chi connectivity index (χ3v) is 2.32. The lowest BCUT2D eigenvalue weighted by atomic mass is 10.2. The van der Waals surface area contributed by atoms with E-state index in [9.17, 15) is 4.79 Å². The number of nitrogens with one attached hydrogen (secondary N) is 2. The molecule has 1 saturated heterocycles. The second kappa shape index (κ2) is 4.79. The van der Waals surface area contributed by atoms with Crippen LogP contribution in [0.3, 0.4) is 0 Å². The summed E-state index contributed by atoms with van der Waals surface area (Å²) in [5, 5.41) is 9.99. The van der Waals surface area contributed by atoms with Crippen LogP contribution in [-0.2, 0) is 4.79 Å². The number of hydrogen-bond acceptors (Lipinski definition) is 4. The quantitative estimate of drug-likeness (QED) is 0.553. The number of rotatable bonds is 2. The summed E-state index contributed by atoms with van der Waals surface area (Å²) in [4.78, 5) is 11.4. The Labute approximate surface area is 93.2 Å². The molecule has 1 amide bonds. The Balaban J connectivity index is 2.03. The van der Waals surface area contributed by atoms with Gasteiger partial charge in [-0.15, -0.1) is 0 Å². The second-order valence-electron chi connectivity index (χ2n) is 3.43. The highest BCUT2D eigenvalue weighted by atomic mass is 16.1. The number of anilines is 1. The predicted octanol–water partition coefficient (Wildman–Crippen LogP) is -1.07. The van der Waals surface area contributed by atoms with Crippen molar-refractivity contribution in [1.82, 2.24) is 15.1 Å². The number of aromatic nitrogens is 2. The molecule has 6 heteroatoms. The summed E-state index contributed by atoms with van der Waals surface area (Å²) in [5.74, 6) is 5.21. The SMILES string of the molecule is NCC#CC(=O)Nc1ccnn1C1CNC1. The minimum Gasteiger partial charge on any atom is -0.320 e. The molecule has 0 bridgehead atoms. The van der Waals surface area contributed by atoms with Gasteiger partial charge in [0.05, 0.1) is 18.8 Å². The highest BCUT2D eigenvalue weighted by Gasteiger charge is 2.21. The van der Waals surface area contributed by atoms with Crippen LogP contribution in [0, 0.1) is 11.8 Å². The molecule has 4 N–H and O–H groups in total. The summed E-state index contributed by atoms with van der Waals surface area (Å²) in [6.07, 6.45) is 1.66. The van der Waals surface area contributed by atoms with Crippen LogP contribution in [-0.4, -0.2) is 35.3 Å². The van der Waals surface area contributed by atoms with Gasteiger partial charge < -0.3 is 11.1 Å². The van der Waals surface area contributed by atoms with Crippen molar-refractivity contribution < 1.29 is 4.79 Å². The van der Waals surface area contributed by atoms with Gasteiger partial charge in [0, 0.05) is 19.2 Å². The molecule has 1 fully saturated rings. The van der Waals surface area contributed by atoms with Gasteiger partial charge in [0.1, 0.15) is 5.82 Å². The Morgan fingerprint density at radius 1 is 1.75 bits per heavy atom. The van der Waals surface area contributed by atoms with Crippen molar-refractivity contribution in [3.05, 3.63) is 12.3 Å². The van der Waals surface area contributed by atoms with Crippen LogP contribution in [0.25, 0.3) is 0 Å². The highest BCUT2D eigenvalue weighted by molar-refractivity contribution is 6.03. The smallest absolute Gasteiger partial charge is 0.301 e. The maximum Gasteiger partial charge on any atom is 0.301 e. The molecular weight excluding hydrogens is 206 g/mol. The van der Waals surface area contributed by atoms with Gasteiger partial charge in [-0.05, 0) is 5.92 Å². The Hall–Kier alpha value is -1.84.